The van der Waals surface area contributed by atoms with Crippen LogP contribution in [0.3, 0.4) is 0 Å². The summed E-state index contributed by atoms with van der Waals surface area (Å²) in [5.74, 6) is -0.845. The van der Waals surface area contributed by atoms with Gasteiger partial charge in [-0.05, 0) is 20.8 Å². The lowest BCUT2D eigenvalue weighted by Gasteiger charge is -1.84. The van der Waals surface area contributed by atoms with Gasteiger partial charge in [0.05, 0.1) is 12.1 Å². The Labute approximate surface area is 96.4 Å². The van der Waals surface area contributed by atoms with Gasteiger partial charge in [0.15, 0.2) is 0 Å². The van der Waals surface area contributed by atoms with Gasteiger partial charge in [0.1, 0.15) is 0 Å². The highest BCUT2D eigenvalue weighted by Gasteiger charge is 1.93. The molecule has 0 spiro atoms. The number of carboxylic acids is 1. The van der Waals surface area contributed by atoms with Gasteiger partial charge >= 0.3 is 5.97 Å². The van der Waals surface area contributed by atoms with Gasteiger partial charge in [-0.3, -0.25) is 0 Å². The number of carboxylic acid groups (broad SMARTS) is 1. The Balaban J connectivity index is -0.000000166. The third kappa shape index (κ3) is 29.9. The maximum absolute atomic E-state index is 9.86. The highest BCUT2D eigenvalue weighted by molar-refractivity contribution is 5.85. The number of allylic oxidation sites excluding steroid dienone is 3. The number of rotatable bonds is 1. The molecule has 0 heterocycles. The molecule has 0 saturated heterocycles. The van der Waals surface area contributed by atoms with E-state index in [2.05, 4.69) is 13.2 Å². The molecule has 4 nitrogen and oxygen atoms in total. The predicted octanol–water partition coefficient (Wildman–Crippen LogP) is 2.82. The Morgan fingerprint density at radius 3 is 1.69 bits per heavy atom. The molecule has 0 radical (unpaired) electrons. The molecule has 0 unspecified atom stereocenters. The Bertz CT molecular complexity index is 341. The number of hydrogen-bond acceptors (Lipinski definition) is 3. The first kappa shape index (κ1) is 19.3. The van der Waals surface area contributed by atoms with E-state index >= 15 is 0 Å². The van der Waals surface area contributed by atoms with Crippen molar-refractivity contribution in [2.24, 2.45) is 0 Å². The minimum atomic E-state index is -0.845. The summed E-state index contributed by atoms with van der Waals surface area (Å²) >= 11 is 0. The molecule has 0 aliphatic heterocycles. The van der Waals surface area contributed by atoms with E-state index in [1.54, 1.807) is 32.9 Å². The molecule has 86 valence electrons. The smallest absolute Gasteiger partial charge is 0.330 e. The molecule has 0 aromatic rings. The summed E-state index contributed by atoms with van der Waals surface area (Å²) in [5, 5.41) is 23.4. The number of carbonyl (C=O) groups is 1. The number of hydrogen-bond donors (Lipinski definition) is 1. The van der Waals surface area contributed by atoms with Crippen LogP contribution >= 0.6 is 0 Å². The molecule has 0 amide bonds. The van der Waals surface area contributed by atoms with Crippen LogP contribution in [0.25, 0.3) is 0 Å². The van der Waals surface area contributed by atoms with Gasteiger partial charge in [0.2, 0.25) is 0 Å². The monoisotopic (exact) mass is 220 g/mol. The van der Waals surface area contributed by atoms with Crippen molar-refractivity contribution in [3.63, 3.8) is 0 Å². The summed E-state index contributed by atoms with van der Waals surface area (Å²) < 4.78 is 0. The van der Waals surface area contributed by atoms with E-state index in [4.69, 9.17) is 15.6 Å². The number of nitrogens with zero attached hydrogens (tertiary/aromatic N) is 2. The van der Waals surface area contributed by atoms with Gasteiger partial charge in [-0.1, -0.05) is 19.2 Å². The first-order chi connectivity index (χ1) is 7.37. The molecule has 4 heteroatoms. The van der Waals surface area contributed by atoms with E-state index in [0.717, 1.165) is 0 Å². The van der Waals surface area contributed by atoms with E-state index < -0.39 is 5.97 Å². The second-order valence-electron chi connectivity index (χ2n) is 2.50. The fourth-order valence-corrected chi connectivity index (χ4v) is 0.123. The topological polar surface area (TPSA) is 84.9 Å². The van der Waals surface area contributed by atoms with Crippen LogP contribution in [0, 0.1) is 22.7 Å². The van der Waals surface area contributed by atoms with Gasteiger partial charge < -0.3 is 5.11 Å². The van der Waals surface area contributed by atoms with Crippen molar-refractivity contribution >= 4 is 5.97 Å². The van der Waals surface area contributed by atoms with Crippen molar-refractivity contribution in [2.75, 3.05) is 0 Å². The van der Waals surface area contributed by atoms with Crippen LogP contribution in [0.15, 0.2) is 36.5 Å². The van der Waals surface area contributed by atoms with Crippen molar-refractivity contribution < 1.29 is 9.90 Å². The molecular formula is C12H16N2O2. The second kappa shape index (κ2) is 15.2. The average molecular weight is 220 g/mol. The zero-order valence-electron chi connectivity index (χ0n) is 9.82. The van der Waals surface area contributed by atoms with Gasteiger partial charge in [-0.15, -0.1) is 0 Å². The van der Waals surface area contributed by atoms with Crippen molar-refractivity contribution in [3.8, 4) is 12.1 Å². The van der Waals surface area contributed by atoms with Crippen molar-refractivity contribution in [3.05, 3.63) is 36.5 Å². The Morgan fingerprint density at radius 2 is 1.69 bits per heavy atom. The SMILES string of the molecule is C=C(C)C#N.C=CC#N.CC=C(C)C(=O)O. The van der Waals surface area contributed by atoms with E-state index in [1.807, 2.05) is 6.07 Å². The quantitative estimate of drug-likeness (QED) is 0.544. The van der Waals surface area contributed by atoms with Crippen molar-refractivity contribution in [1.82, 2.24) is 0 Å². The Hall–Kier alpha value is -2.33. The first-order valence-electron chi connectivity index (χ1n) is 4.29. The molecule has 0 bridgehead atoms. The van der Waals surface area contributed by atoms with E-state index in [0.29, 0.717) is 11.1 Å². The molecule has 1 N–H and O–H groups in total. The zero-order valence-corrected chi connectivity index (χ0v) is 9.82. The molecule has 0 aliphatic rings. The molecule has 0 atom stereocenters. The summed E-state index contributed by atoms with van der Waals surface area (Å²) in [5.41, 5.74) is 0.949. The minimum Gasteiger partial charge on any atom is -0.478 e. The summed E-state index contributed by atoms with van der Waals surface area (Å²) in [4.78, 5) is 9.86. The third-order valence-electron chi connectivity index (χ3n) is 1.05. The molecule has 0 rings (SSSR count). The van der Waals surface area contributed by atoms with Gasteiger partial charge in [-0.25, -0.2) is 4.79 Å². The molecule has 0 aliphatic carbocycles. The van der Waals surface area contributed by atoms with Crippen molar-refractivity contribution in [1.29, 1.82) is 10.5 Å². The predicted molar refractivity (Wildman–Crippen MR) is 63.3 cm³/mol. The maximum atomic E-state index is 9.86. The van der Waals surface area contributed by atoms with Crippen LogP contribution in [0.4, 0.5) is 0 Å². The fourth-order valence-electron chi connectivity index (χ4n) is 0.123. The number of aliphatic carboxylic acids is 1. The first-order valence-corrected chi connectivity index (χ1v) is 4.29. The lowest BCUT2D eigenvalue weighted by molar-refractivity contribution is -0.132. The van der Waals surface area contributed by atoms with Crippen molar-refractivity contribution in [2.45, 2.75) is 20.8 Å². The summed E-state index contributed by atoms with van der Waals surface area (Å²) in [6, 6.07) is 3.53. The summed E-state index contributed by atoms with van der Waals surface area (Å²) in [6.07, 6.45) is 2.74. The average Bonchev–Trinajstić information content (AvgIpc) is 2.28. The molecule has 0 aromatic heterocycles. The van der Waals surface area contributed by atoms with Crippen LogP contribution in [0.5, 0.6) is 0 Å². The van der Waals surface area contributed by atoms with Crippen LogP contribution in [-0.4, -0.2) is 11.1 Å². The number of nitriles is 2. The van der Waals surface area contributed by atoms with Crippen LogP contribution in [0.2, 0.25) is 0 Å². The normalized spacial score (nSPS) is 7.69. The molecule has 16 heavy (non-hydrogen) atoms. The van der Waals surface area contributed by atoms with E-state index in [1.165, 1.54) is 6.08 Å². The largest absolute Gasteiger partial charge is 0.478 e. The summed E-state index contributed by atoms with van der Waals surface area (Å²) in [7, 11) is 0. The summed E-state index contributed by atoms with van der Waals surface area (Å²) in [6.45, 7) is 11.4. The highest BCUT2D eigenvalue weighted by atomic mass is 16.4. The van der Waals surface area contributed by atoms with Crippen LogP contribution in [0.1, 0.15) is 20.8 Å². The Morgan fingerprint density at radius 1 is 1.38 bits per heavy atom. The standard InChI is InChI=1S/C5H8O2.C4H5N.C3H3N/c1-3-4(2)5(6)7;1-4(2)3-5;1-2-3-4/h3H,1-2H3,(H,6,7);1H2,2H3;2H,1H2. The van der Waals surface area contributed by atoms with Gasteiger partial charge in [-0.2, -0.15) is 10.5 Å². The third-order valence-corrected chi connectivity index (χ3v) is 1.05. The molecule has 0 fully saturated rings. The highest BCUT2D eigenvalue weighted by Crippen LogP contribution is 1.87. The lowest BCUT2D eigenvalue weighted by atomic mass is 10.3. The fraction of sp³-hybridized carbons (Fsp3) is 0.250. The maximum Gasteiger partial charge on any atom is 0.330 e. The second-order valence-corrected chi connectivity index (χ2v) is 2.50. The van der Waals surface area contributed by atoms with E-state index in [-0.39, 0.29) is 0 Å². The van der Waals surface area contributed by atoms with Gasteiger partial charge in [0, 0.05) is 17.2 Å². The Kier molecular flexibility index (Phi) is 18.3. The van der Waals surface area contributed by atoms with Crippen LogP contribution in [-0.2, 0) is 4.79 Å². The lowest BCUT2D eigenvalue weighted by Crippen LogP contribution is -1.93. The minimum absolute atomic E-state index is 0.389. The molecular weight excluding hydrogens is 204 g/mol. The van der Waals surface area contributed by atoms with Gasteiger partial charge in [0.25, 0.3) is 0 Å². The molecule has 0 saturated carbocycles. The zero-order chi connectivity index (χ0) is 13.6. The van der Waals surface area contributed by atoms with Crippen LogP contribution < -0.4 is 0 Å². The van der Waals surface area contributed by atoms with E-state index in [9.17, 15) is 4.79 Å². The molecule has 0 aromatic carbocycles.